The van der Waals surface area contributed by atoms with Gasteiger partial charge in [-0.25, -0.2) is 4.79 Å². The van der Waals surface area contributed by atoms with E-state index in [1.54, 1.807) is 19.9 Å². The lowest BCUT2D eigenvalue weighted by atomic mass is 10.0. The number of benzene rings is 1. The van der Waals surface area contributed by atoms with Gasteiger partial charge >= 0.3 is 5.63 Å². The molecule has 0 saturated heterocycles. The summed E-state index contributed by atoms with van der Waals surface area (Å²) in [4.78, 5) is 13.9. The minimum absolute atomic E-state index is 0.345. The molecule has 5 nitrogen and oxygen atoms in total. The standard InChI is InChI=1S/C16H18ClNO4/c1-8(19)5-18-6-12-14-11(4-13(17)15(12)21-7-18)9(2)10(3)16(20)22-14/h4,8,19H,5-7H2,1-3H3/t8-/m0/s1. The summed E-state index contributed by atoms with van der Waals surface area (Å²) in [5.41, 5.74) is 2.38. The maximum Gasteiger partial charge on any atom is 0.339 e. The number of ether oxygens (including phenoxy) is 1. The van der Waals surface area contributed by atoms with Crippen LogP contribution in [0.2, 0.25) is 5.02 Å². The maximum absolute atomic E-state index is 12.0. The SMILES string of the molecule is Cc1c(C)c2cc(Cl)c3c(c2oc1=O)CN(C[C@H](C)O)CO3. The molecule has 0 radical (unpaired) electrons. The van der Waals surface area contributed by atoms with Gasteiger partial charge in [0.05, 0.1) is 16.7 Å². The maximum atomic E-state index is 12.0. The smallest absolute Gasteiger partial charge is 0.339 e. The molecule has 0 saturated carbocycles. The van der Waals surface area contributed by atoms with Crippen LogP contribution in [0, 0.1) is 13.8 Å². The fourth-order valence-corrected chi connectivity index (χ4v) is 3.08. The second-order valence-corrected chi connectivity index (χ2v) is 6.22. The first kappa shape index (κ1) is 15.3. The lowest BCUT2D eigenvalue weighted by molar-refractivity contribution is 0.0504. The van der Waals surface area contributed by atoms with E-state index >= 15 is 0 Å². The summed E-state index contributed by atoms with van der Waals surface area (Å²) in [6, 6.07) is 1.78. The van der Waals surface area contributed by atoms with Crippen molar-refractivity contribution >= 4 is 22.6 Å². The third-order valence-electron chi connectivity index (χ3n) is 4.04. The summed E-state index contributed by atoms with van der Waals surface area (Å²) in [5.74, 6) is 0.558. The topological polar surface area (TPSA) is 62.9 Å². The highest BCUT2D eigenvalue weighted by molar-refractivity contribution is 6.33. The molecule has 0 bridgehead atoms. The van der Waals surface area contributed by atoms with E-state index in [9.17, 15) is 9.90 Å². The van der Waals surface area contributed by atoms with E-state index in [2.05, 4.69) is 0 Å². The quantitative estimate of drug-likeness (QED) is 0.861. The van der Waals surface area contributed by atoms with Gasteiger partial charge in [-0.05, 0) is 32.4 Å². The molecule has 3 rings (SSSR count). The predicted octanol–water partition coefficient (Wildman–Crippen LogP) is 2.60. The summed E-state index contributed by atoms with van der Waals surface area (Å²) in [6.45, 7) is 6.68. The van der Waals surface area contributed by atoms with Crippen molar-refractivity contribution in [2.45, 2.75) is 33.4 Å². The minimum atomic E-state index is -0.466. The van der Waals surface area contributed by atoms with E-state index in [0.717, 1.165) is 16.5 Å². The Kier molecular flexibility index (Phi) is 3.89. The second kappa shape index (κ2) is 5.57. The Morgan fingerprint density at radius 2 is 2.14 bits per heavy atom. The number of aliphatic hydroxyl groups excluding tert-OH is 1. The molecular weight excluding hydrogens is 306 g/mol. The lowest BCUT2D eigenvalue weighted by Gasteiger charge is -2.30. The number of hydrogen-bond acceptors (Lipinski definition) is 5. The van der Waals surface area contributed by atoms with Crippen LogP contribution >= 0.6 is 11.6 Å². The number of rotatable bonds is 2. The Labute approximate surface area is 133 Å². The summed E-state index contributed by atoms with van der Waals surface area (Å²) < 4.78 is 11.2. The number of fused-ring (bicyclic) bond motifs is 3. The molecule has 0 unspecified atom stereocenters. The number of nitrogens with zero attached hydrogens (tertiary/aromatic N) is 1. The van der Waals surface area contributed by atoms with E-state index in [-0.39, 0.29) is 5.63 Å². The third-order valence-corrected chi connectivity index (χ3v) is 4.32. The molecule has 1 aliphatic rings. The number of β-amino-alcohol motifs (C(OH)–C–C–N with tert-alkyl or cyclic N) is 1. The molecule has 1 aliphatic heterocycles. The van der Waals surface area contributed by atoms with Gasteiger partial charge in [0.1, 0.15) is 18.1 Å². The zero-order chi connectivity index (χ0) is 16.0. The molecule has 6 heteroatoms. The number of hydrogen-bond donors (Lipinski definition) is 1. The molecule has 22 heavy (non-hydrogen) atoms. The Morgan fingerprint density at radius 1 is 1.41 bits per heavy atom. The Bertz CT molecular complexity index is 797. The largest absolute Gasteiger partial charge is 0.476 e. The monoisotopic (exact) mass is 323 g/mol. The van der Waals surface area contributed by atoms with Crippen LogP contribution in [0.1, 0.15) is 23.6 Å². The molecule has 1 aromatic heterocycles. The molecular formula is C16H18ClNO4. The van der Waals surface area contributed by atoms with Gasteiger partial charge in [0, 0.05) is 24.0 Å². The Hall–Kier alpha value is -1.56. The molecule has 0 fully saturated rings. The fourth-order valence-electron chi connectivity index (χ4n) is 2.80. The van der Waals surface area contributed by atoms with Gasteiger partial charge < -0.3 is 14.3 Å². The molecule has 2 heterocycles. The average molecular weight is 324 g/mol. The van der Waals surface area contributed by atoms with Crippen molar-refractivity contribution in [2.75, 3.05) is 13.3 Å². The van der Waals surface area contributed by atoms with Gasteiger partial charge in [0.25, 0.3) is 0 Å². The van der Waals surface area contributed by atoms with Crippen molar-refractivity contribution in [2.24, 2.45) is 0 Å². The molecule has 1 aromatic carbocycles. The second-order valence-electron chi connectivity index (χ2n) is 5.82. The van der Waals surface area contributed by atoms with Gasteiger partial charge in [0.15, 0.2) is 0 Å². The fraction of sp³-hybridized carbons (Fsp3) is 0.438. The Morgan fingerprint density at radius 3 is 2.82 bits per heavy atom. The van der Waals surface area contributed by atoms with Crippen LogP contribution in [0.25, 0.3) is 11.0 Å². The first-order valence-corrected chi connectivity index (χ1v) is 7.55. The summed E-state index contributed by atoms with van der Waals surface area (Å²) in [5, 5.41) is 10.9. The number of aryl methyl sites for hydroxylation is 1. The summed E-state index contributed by atoms with van der Waals surface area (Å²) >= 11 is 6.33. The van der Waals surface area contributed by atoms with E-state index < -0.39 is 6.10 Å². The van der Waals surface area contributed by atoms with Crippen molar-refractivity contribution in [3.05, 3.63) is 38.2 Å². The van der Waals surface area contributed by atoms with Gasteiger partial charge in [-0.15, -0.1) is 0 Å². The van der Waals surface area contributed by atoms with Crippen LogP contribution in [0.4, 0.5) is 0 Å². The van der Waals surface area contributed by atoms with Crippen LogP contribution in [0.3, 0.4) is 0 Å². The zero-order valence-corrected chi connectivity index (χ0v) is 13.5. The highest BCUT2D eigenvalue weighted by atomic mass is 35.5. The highest BCUT2D eigenvalue weighted by Gasteiger charge is 2.25. The number of halogens is 1. The van der Waals surface area contributed by atoms with Gasteiger partial charge in [-0.2, -0.15) is 0 Å². The average Bonchev–Trinajstić information content (AvgIpc) is 2.46. The first-order chi connectivity index (χ1) is 10.4. The first-order valence-electron chi connectivity index (χ1n) is 7.17. The van der Waals surface area contributed by atoms with Gasteiger partial charge in [-0.3, -0.25) is 4.90 Å². The molecule has 0 spiro atoms. The van der Waals surface area contributed by atoms with Crippen molar-refractivity contribution in [1.29, 1.82) is 0 Å². The van der Waals surface area contributed by atoms with Crippen LogP contribution in [-0.2, 0) is 6.54 Å². The lowest BCUT2D eigenvalue weighted by Crippen LogP contribution is -2.37. The van der Waals surface area contributed by atoms with E-state index in [4.69, 9.17) is 20.8 Å². The van der Waals surface area contributed by atoms with E-state index in [1.807, 2.05) is 11.8 Å². The molecule has 118 valence electrons. The van der Waals surface area contributed by atoms with Crippen molar-refractivity contribution in [1.82, 2.24) is 4.90 Å². The van der Waals surface area contributed by atoms with Gasteiger partial charge in [0.2, 0.25) is 0 Å². The van der Waals surface area contributed by atoms with Crippen molar-refractivity contribution < 1.29 is 14.3 Å². The zero-order valence-electron chi connectivity index (χ0n) is 12.8. The van der Waals surface area contributed by atoms with E-state index in [1.165, 1.54) is 0 Å². The highest BCUT2D eigenvalue weighted by Crippen LogP contribution is 2.39. The summed E-state index contributed by atoms with van der Waals surface area (Å²) in [7, 11) is 0. The van der Waals surface area contributed by atoms with Gasteiger partial charge in [-0.1, -0.05) is 11.6 Å². The minimum Gasteiger partial charge on any atom is -0.476 e. The molecule has 2 aromatic rings. The summed E-state index contributed by atoms with van der Waals surface area (Å²) in [6.07, 6.45) is -0.466. The normalized spacial score (nSPS) is 16.4. The van der Waals surface area contributed by atoms with E-state index in [0.29, 0.717) is 41.7 Å². The van der Waals surface area contributed by atoms with Crippen LogP contribution in [0.5, 0.6) is 5.75 Å². The van der Waals surface area contributed by atoms with Crippen LogP contribution in [0.15, 0.2) is 15.3 Å². The van der Waals surface area contributed by atoms with Crippen molar-refractivity contribution in [3.63, 3.8) is 0 Å². The van der Waals surface area contributed by atoms with Crippen LogP contribution < -0.4 is 10.4 Å². The Balaban J connectivity index is 2.21. The molecule has 0 amide bonds. The predicted molar refractivity (Wildman–Crippen MR) is 84.6 cm³/mol. The number of aliphatic hydroxyl groups is 1. The van der Waals surface area contributed by atoms with Crippen molar-refractivity contribution in [3.8, 4) is 5.75 Å². The third kappa shape index (κ3) is 2.49. The molecule has 1 N–H and O–H groups in total. The van der Waals surface area contributed by atoms with Crippen LogP contribution in [-0.4, -0.2) is 29.4 Å². The molecule has 1 atom stereocenters. The molecule has 0 aliphatic carbocycles.